The van der Waals surface area contributed by atoms with E-state index in [0.717, 1.165) is 12.8 Å². The lowest BCUT2D eigenvalue weighted by molar-refractivity contribution is 0.0971. The molecule has 0 aromatic heterocycles. The van der Waals surface area contributed by atoms with Crippen LogP contribution in [-0.4, -0.2) is 26.5 Å². The molecule has 0 saturated carbocycles. The molecule has 0 radical (unpaired) electrons. The number of methoxy groups -OCH3 is 2. The Morgan fingerprint density at radius 1 is 1.26 bits per heavy atom. The standard InChI is InChI=1S/C15H23NO3/c1-11(8-9-16)4-7-14(17)13-6-5-12(18-2)10-15(13)19-3/h5-6,10-11H,4,7-9,16H2,1-3H3. The lowest BCUT2D eigenvalue weighted by atomic mass is 9.97. The van der Waals surface area contributed by atoms with Gasteiger partial charge in [0.1, 0.15) is 11.5 Å². The van der Waals surface area contributed by atoms with Crippen molar-refractivity contribution < 1.29 is 14.3 Å². The second kappa shape index (κ2) is 7.79. The molecule has 106 valence electrons. The van der Waals surface area contributed by atoms with Crippen LogP contribution in [0.5, 0.6) is 11.5 Å². The molecule has 4 nitrogen and oxygen atoms in total. The van der Waals surface area contributed by atoms with E-state index in [1.54, 1.807) is 32.4 Å². The number of carbonyl (C=O) groups excluding carboxylic acids is 1. The first-order chi connectivity index (χ1) is 9.12. The van der Waals surface area contributed by atoms with Crippen LogP contribution in [0.25, 0.3) is 0 Å². The minimum Gasteiger partial charge on any atom is -0.497 e. The predicted octanol–water partition coefficient (Wildman–Crippen LogP) is 2.65. The quantitative estimate of drug-likeness (QED) is 0.734. The van der Waals surface area contributed by atoms with Crippen molar-refractivity contribution >= 4 is 5.78 Å². The van der Waals surface area contributed by atoms with Crippen LogP contribution >= 0.6 is 0 Å². The zero-order valence-corrected chi connectivity index (χ0v) is 11.9. The van der Waals surface area contributed by atoms with Gasteiger partial charge in [-0.25, -0.2) is 0 Å². The van der Waals surface area contributed by atoms with Gasteiger partial charge in [0.05, 0.1) is 19.8 Å². The summed E-state index contributed by atoms with van der Waals surface area (Å²) in [5.41, 5.74) is 6.12. The third-order valence-corrected chi connectivity index (χ3v) is 3.23. The number of carbonyl (C=O) groups is 1. The van der Waals surface area contributed by atoms with E-state index in [0.29, 0.717) is 35.9 Å². The summed E-state index contributed by atoms with van der Waals surface area (Å²) in [6, 6.07) is 5.27. The lowest BCUT2D eigenvalue weighted by Crippen LogP contribution is -2.09. The Labute approximate surface area is 114 Å². The molecule has 0 spiro atoms. The molecule has 0 aliphatic rings. The third kappa shape index (κ3) is 4.56. The number of hydrogen-bond donors (Lipinski definition) is 1. The first-order valence-electron chi connectivity index (χ1n) is 6.57. The van der Waals surface area contributed by atoms with Crippen LogP contribution in [0.4, 0.5) is 0 Å². The molecule has 0 amide bonds. The maximum atomic E-state index is 12.2. The molecule has 0 aliphatic heterocycles. The Balaban J connectivity index is 2.71. The van der Waals surface area contributed by atoms with E-state index in [1.807, 2.05) is 0 Å². The van der Waals surface area contributed by atoms with Crippen LogP contribution < -0.4 is 15.2 Å². The molecule has 2 N–H and O–H groups in total. The minimum atomic E-state index is 0.100. The fourth-order valence-corrected chi connectivity index (χ4v) is 1.97. The summed E-state index contributed by atoms with van der Waals surface area (Å²) >= 11 is 0. The summed E-state index contributed by atoms with van der Waals surface area (Å²) in [7, 11) is 3.15. The van der Waals surface area contributed by atoms with Gasteiger partial charge in [-0.1, -0.05) is 6.92 Å². The molecule has 0 heterocycles. The topological polar surface area (TPSA) is 61.5 Å². The van der Waals surface area contributed by atoms with Crippen LogP contribution in [0.15, 0.2) is 18.2 Å². The molecular weight excluding hydrogens is 242 g/mol. The van der Waals surface area contributed by atoms with Crippen LogP contribution in [0.2, 0.25) is 0 Å². The van der Waals surface area contributed by atoms with E-state index in [2.05, 4.69) is 6.92 Å². The van der Waals surface area contributed by atoms with E-state index in [1.165, 1.54) is 0 Å². The van der Waals surface area contributed by atoms with Crippen LogP contribution in [-0.2, 0) is 0 Å². The van der Waals surface area contributed by atoms with Gasteiger partial charge < -0.3 is 15.2 Å². The van der Waals surface area contributed by atoms with Crippen molar-refractivity contribution in [3.05, 3.63) is 23.8 Å². The third-order valence-electron chi connectivity index (χ3n) is 3.23. The highest BCUT2D eigenvalue weighted by Crippen LogP contribution is 2.26. The molecule has 0 aliphatic carbocycles. The molecule has 1 atom stereocenters. The Morgan fingerprint density at radius 3 is 2.58 bits per heavy atom. The van der Waals surface area contributed by atoms with Crippen molar-refractivity contribution in [2.45, 2.75) is 26.2 Å². The van der Waals surface area contributed by atoms with Gasteiger partial charge in [-0.15, -0.1) is 0 Å². The van der Waals surface area contributed by atoms with Crippen molar-refractivity contribution in [2.24, 2.45) is 11.7 Å². The number of ether oxygens (including phenoxy) is 2. The first-order valence-corrected chi connectivity index (χ1v) is 6.57. The Morgan fingerprint density at radius 2 is 2.00 bits per heavy atom. The van der Waals surface area contributed by atoms with Crippen LogP contribution in [0.3, 0.4) is 0 Å². The monoisotopic (exact) mass is 265 g/mol. The molecule has 0 fully saturated rings. The Kier molecular flexibility index (Phi) is 6.36. The molecule has 1 unspecified atom stereocenters. The van der Waals surface area contributed by atoms with Crippen molar-refractivity contribution in [2.75, 3.05) is 20.8 Å². The number of hydrogen-bond acceptors (Lipinski definition) is 4. The van der Waals surface area contributed by atoms with Gasteiger partial charge >= 0.3 is 0 Å². The SMILES string of the molecule is COc1ccc(C(=O)CCC(C)CCN)c(OC)c1. The van der Waals surface area contributed by atoms with Gasteiger partial charge in [0, 0.05) is 12.5 Å². The van der Waals surface area contributed by atoms with Crippen molar-refractivity contribution in [1.29, 1.82) is 0 Å². The summed E-state index contributed by atoms with van der Waals surface area (Å²) in [6.07, 6.45) is 2.32. The molecule has 0 bridgehead atoms. The molecule has 0 saturated heterocycles. The first kappa shape index (κ1) is 15.5. The summed E-state index contributed by atoms with van der Waals surface area (Å²) in [6.45, 7) is 2.78. The average Bonchev–Trinajstić information content (AvgIpc) is 2.44. The number of nitrogens with two attached hydrogens (primary N) is 1. The molecular formula is C15H23NO3. The number of rotatable bonds is 8. The van der Waals surface area contributed by atoms with Gasteiger partial charge in [0.15, 0.2) is 5.78 Å². The van der Waals surface area contributed by atoms with E-state index in [-0.39, 0.29) is 5.78 Å². The van der Waals surface area contributed by atoms with E-state index < -0.39 is 0 Å². The smallest absolute Gasteiger partial charge is 0.166 e. The molecule has 19 heavy (non-hydrogen) atoms. The summed E-state index contributed by atoms with van der Waals surface area (Å²) in [4.78, 5) is 12.2. The normalized spacial score (nSPS) is 12.0. The van der Waals surface area contributed by atoms with E-state index in [9.17, 15) is 4.79 Å². The van der Waals surface area contributed by atoms with Gasteiger partial charge in [-0.3, -0.25) is 4.79 Å². The average molecular weight is 265 g/mol. The lowest BCUT2D eigenvalue weighted by Gasteiger charge is -2.11. The number of ketones is 1. The highest BCUT2D eigenvalue weighted by atomic mass is 16.5. The maximum absolute atomic E-state index is 12.2. The number of Topliss-reactive ketones (excluding diaryl/α,β-unsaturated/α-hetero) is 1. The summed E-state index contributed by atoms with van der Waals surface area (Å²) < 4.78 is 10.4. The zero-order chi connectivity index (χ0) is 14.3. The van der Waals surface area contributed by atoms with Crippen molar-refractivity contribution in [3.63, 3.8) is 0 Å². The fraction of sp³-hybridized carbons (Fsp3) is 0.533. The van der Waals surface area contributed by atoms with Crippen LogP contribution in [0, 0.1) is 5.92 Å². The Hall–Kier alpha value is -1.55. The van der Waals surface area contributed by atoms with Gasteiger partial charge in [0.25, 0.3) is 0 Å². The number of benzene rings is 1. The van der Waals surface area contributed by atoms with Crippen molar-refractivity contribution in [1.82, 2.24) is 0 Å². The van der Waals surface area contributed by atoms with E-state index in [4.69, 9.17) is 15.2 Å². The predicted molar refractivity (Wildman–Crippen MR) is 75.9 cm³/mol. The second-order valence-corrected chi connectivity index (χ2v) is 4.71. The van der Waals surface area contributed by atoms with Gasteiger partial charge in [0.2, 0.25) is 0 Å². The molecule has 1 aromatic carbocycles. The van der Waals surface area contributed by atoms with Crippen molar-refractivity contribution in [3.8, 4) is 11.5 Å². The molecule has 1 aromatic rings. The summed E-state index contributed by atoms with van der Waals surface area (Å²) in [5.74, 6) is 1.82. The second-order valence-electron chi connectivity index (χ2n) is 4.71. The maximum Gasteiger partial charge on any atom is 0.166 e. The van der Waals surface area contributed by atoms with Gasteiger partial charge in [-0.05, 0) is 37.4 Å². The zero-order valence-electron chi connectivity index (χ0n) is 11.9. The molecule has 1 rings (SSSR count). The molecule has 4 heteroatoms. The van der Waals surface area contributed by atoms with E-state index >= 15 is 0 Å². The summed E-state index contributed by atoms with van der Waals surface area (Å²) in [5, 5.41) is 0. The minimum absolute atomic E-state index is 0.100. The fourth-order valence-electron chi connectivity index (χ4n) is 1.97. The Bertz CT molecular complexity index is 418. The van der Waals surface area contributed by atoms with Gasteiger partial charge in [-0.2, -0.15) is 0 Å². The largest absolute Gasteiger partial charge is 0.497 e. The highest BCUT2D eigenvalue weighted by Gasteiger charge is 2.14. The van der Waals surface area contributed by atoms with Crippen LogP contribution in [0.1, 0.15) is 36.5 Å². The highest BCUT2D eigenvalue weighted by molar-refractivity contribution is 5.98.